The molecule has 0 saturated heterocycles. The molecule has 1 atom stereocenters. The summed E-state index contributed by atoms with van der Waals surface area (Å²) < 4.78 is 16.2. The van der Waals surface area contributed by atoms with Gasteiger partial charge in [-0.2, -0.15) is 0 Å². The van der Waals surface area contributed by atoms with E-state index in [1.807, 2.05) is 72.8 Å². The molecule has 236 valence electrons. The first-order valence-electron chi connectivity index (χ1n) is 14.6. The van der Waals surface area contributed by atoms with Crippen molar-refractivity contribution in [2.75, 3.05) is 0 Å². The maximum Gasteiger partial charge on any atom is 0.362 e. The van der Waals surface area contributed by atoms with Crippen molar-refractivity contribution in [2.24, 2.45) is 11.3 Å². The Morgan fingerprint density at radius 1 is 0.745 bits per heavy atom. The number of allylic oxidation sites excluding steroid dienone is 3. The Hall–Kier alpha value is -2.88. The lowest BCUT2D eigenvalue weighted by molar-refractivity contribution is 0.257. The lowest BCUT2D eigenvalue weighted by Gasteiger charge is -2.29. The maximum absolute atomic E-state index is 13.5. The lowest BCUT2D eigenvalue weighted by Crippen LogP contribution is -2.64. The van der Waals surface area contributed by atoms with Crippen molar-refractivity contribution in [1.29, 1.82) is 0 Å². The van der Waals surface area contributed by atoms with Crippen LogP contribution in [-0.2, 0) is 4.74 Å². The van der Waals surface area contributed by atoms with E-state index in [1.165, 1.54) is 0 Å². The van der Waals surface area contributed by atoms with Gasteiger partial charge in [0.1, 0.15) is 11.5 Å². The Morgan fingerprint density at radius 3 is 2.00 bits per heavy atom. The summed E-state index contributed by atoms with van der Waals surface area (Å²) in [7, 11) is 0. The fourth-order valence-electron chi connectivity index (χ4n) is 5.15. The van der Waals surface area contributed by atoms with E-state index in [2.05, 4.69) is 84.5 Å². The molecule has 1 aliphatic heterocycles. The number of benzene rings is 3. The van der Waals surface area contributed by atoms with E-state index in [4.69, 9.17) is 20.8 Å². The number of hydrogen-bond donors (Lipinski definition) is 0. The minimum Gasteiger partial charge on any atom is -0.461 e. The highest BCUT2D eigenvalue weighted by Gasteiger charge is 2.27. The second-order valence-corrected chi connectivity index (χ2v) is 16.0. The van der Waals surface area contributed by atoms with Crippen molar-refractivity contribution in [1.82, 2.24) is 0 Å². The van der Waals surface area contributed by atoms with Gasteiger partial charge in [0.25, 0.3) is 0 Å². The van der Waals surface area contributed by atoms with Gasteiger partial charge in [-0.1, -0.05) is 56.6 Å². The Labute approximate surface area is 310 Å². The molecule has 1 aromatic heterocycles. The van der Waals surface area contributed by atoms with E-state index in [1.54, 1.807) is 24.3 Å². The first kappa shape index (κ1) is 34.0. The minimum atomic E-state index is -0.315. The average molecular weight is 902 g/mol. The molecule has 1 unspecified atom stereocenters. The zero-order chi connectivity index (χ0) is 33.6. The summed E-state index contributed by atoms with van der Waals surface area (Å²) in [6.07, 6.45) is 7.24. The number of rotatable bonds is 5. The van der Waals surface area contributed by atoms with Crippen molar-refractivity contribution >= 4 is 93.2 Å². The monoisotopic (exact) mass is 897 g/mol. The Bertz CT molecular complexity index is 2290. The third-order valence-electron chi connectivity index (χ3n) is 7.66. The lowest BCUT2D eigenvalue weighted by atomic mass is 9.88. The molecule has 6 rings (SSSR count). The molecule has 0 radical (unpaired) electrons. The van der Waals surface area contributed by atoms with E-state index in [9.17, 15) is 9.59 Å². The summed E-state index contributed by atoms with van der Waals surface area (Å²) in [5, 5.41) is 0.792. The summed E-state index contributed by atoms with van der Waals surface area (Å²) in [6, 6.07) is 22.6. The van der Waals surface area contributed by atoms with E-state index >= 15 is 0 Å². The normalized spacial score (nSPS) is 14.8. The Kier molecular flexibility index (Phi) is 9.81. The van der Waals surface area contributed by atoms with Gasteiger partial charge in [0.05, 0.1) is 38.7 Å². The van der Waals surface area contributed by atoms with Crippen molar-refractivity contribution in [3.8, 4) is 22.6 Å². The van der Waals surface area contributed by atoms with Crippen LogP contribution in [0.1, 0.15) is 31.9 Å². The van der Waals surface area contributed by atoms with Gasteiger partial charge in [-0.3, -0.25) is 9.59 Å². The largest absolute Gasteiger partial charge is 0.461 e. The van der Waals surface area contributed by atoms with Crippen LogP contribution in [0.25, 0.3) is 40.6 Å². The molecule has 5 aromatic rings. The average Bonchev–Trinajstić information content (AvgIpc) is 3.04. The molecule has 4 nitrogen and oxygen atoms in total. The quantitative estimate of drug-likeness (QED) is 0.165. The van der Waals surface area contributed by atoms with E-state index in [0.29, 0.717) is 33.4 Å². The van der Waals surface area contributed by atoms with Gasteiger partial charge in [0, 0.05) is 34.8 Å². The van der Waals surface area contributed by atoms with Gasteiger partial charge in [-0.05, 0) is 130 Å². The number of ether oxygens (including phenoxy) is 1. The first-order chi connectivity index (χ1) is 22.3. The summed E-state index contributed by atoms with van der Waals surface area (Å²) in [5.41, 5.74) is 2.12. The minimum absolute atomic E-state index is 0.114. The molecular weight excluding hydrogens is 875 g/mol. The second kappa shape index (κ2) is 13.6. The third-order valence-corrected chi connectivity index (χ3v) is 11.7. The van der Waals surface area contributed by atoms with Gasteiger partial charge in [-0.15, -0.1) is 0 Å². The molecule has 47 heavy (non-hydrogen) atoms. The molecule has 9 heteroatoms. The Balaban J connectivity index is 1.45. The van der Waals surface area contributed by atoms with Crippen LogP contribution in [0.2, 0.25) is 5.02 Å². The predicted molar refractivity (Wildman–Crippen MR) is 205 cm³/mol. The van der Waals surface area contributed by atoms with Crippen molar-refractivity contribution < 1.29 is 9.15 Å². The van der Waals surface area contributed by atoms with E-state index in [-0.39, 0.29) is 32.6 Å². The number of halogens is 5. The van der Waals surface area contributed by atoms with Gasteiger partial charge >= 0.3 is 11.5 Å². The van der Waals surface area contributed by atoms with Crippen LogP contribution in [0, 0.1) is 11.3 Å². The molecule has 0 N–H and O–H groups in total. The highest BCUT2D eigenvalue weighted by atomic mass is 79.9. The fraction of sp³-hybridized carbons (Fsp3) is 0.132. The molecule has 2 heterocycles. The summed E-state index contributed by atoms with van der Waals surface area (Å²) in [4.78, 5) is 27.0. The van der Waals surface area contributed by atoms with E-state index in [0.717, 1.165) is 34.8 Å². The van der Waals surface area contributed by atoms with Crippen molar-refractivity contribution in [3.05, 3.63) is 156 Å². The van der Waals surface area contributed by atoms with Crippen LogP contribution < -0.4 is 21.3 Å². The summed E-state index contributed by atoms with van der Waals surface area (Å²) >= 11 is 20.7. The fourth-order valence-corrected chi connectivity index (χ4v) is 6.63. The highest BCUT2D eigenvalue weighted by Crippen LogP contribution is 2.38. The van der Waals surface area contributed by atoms with Crippen molar-refractivity contribution in [2.45, 2.75) is 20.8 Å². The van der Waals surface area contributed by atoms with Crippen LogP contribution in [-0.4, -0.2) is 0 Å². The van der Waals surface area contributed by atoms with Gasteiger partial charge < -0.3 is 4.74 Å². The topological polar surface area (TPSA) is 54.7 Å². The molecule has 4 aromatic carbocycles. The summed E-state index contributed by atoms with van der Waals surface area (Å²) in [6.45, 7) is 6.19. The molecule has 0 amide bonds. The van der Waals surface area contributed by atoms with Crippen LogP contribution in [0.15, 0.2) is 123 Å². The smallest absolute Gasteiger partial charge is 0.362 e. The zero-order valence-electron chi connectivity index (χ0n) is 25.3. The molecule has 0 spiro atoms. The Morgan fingerprint density at radius 2 is 1.36 bits per heavy atom. The predicted octanol–water partition coefficient (Wildman–Crippen LogP) is 10.4. The van der Waals surface area contributed by atoms with Gasteiger partial charge in [0.2, 0.25) is 10.9 Å². The van der Waals surface area contributed by atoms with Crippen LogP contribution in [0.5, 0.6) is 0 Å². The molecule has 0 aliphatic carbocycles. The molecule has 0 saturated carbocycles. The molecule has 0 fully saturated rings. The first-order valence-corrected chi connectivity index (χ1v) is 18.1. The van der Waals surface area contributed by atoms with Crippen LogP contribution >= 0.6 is 75.3 Å². The second-order valence-electron chi connectivity index (χ2n) is 12.1. The third kappa shape index (κ3) is 7.27. The number of hydrogen-bond acceptors (Lipinski definition) is 3. The molecule has 1 aliphatic rings. The van der Waals surface area contributed by atoms with Crippen LogP contribution in [0.4, 0.5) is 0 Å². The van der Waals surface area contributed by atoms with Crippen LogP contribution in [0.3, 0.4) is 0 Å². The maximum atomic E-state index is 13.5. The SMILES string of the molecule is CC(C)(C)C1=CC(C=c2c(=O)c(=Cc3cc(-c4ccc(Br)c(Br)c4)[o+]c(-c4ccccc4Cl)c3)c2=O)C=C(c2ccc(Br)c(Br)c2)O1. The zero-order valence-corrected chi connectivity index (χ0v) is 32.4. The highest BCUT2D eigenvalue weighted by molar-refractivity contribution is 9.13. The van der Waals surface area contributed by atoms with Gasteiger partial charge in [-0.25, -0.2) is 4.42 Å². The van der Waals surface area contributed by atoms with Gasteiger partial charge in [0.15, 0.2) is 0 Å². The standard InChI is InChI=1S/C38H26Br4ClO4/c1-38(2,3)35-17-21(15-33(47-35)23-9-11-28(40)30(42)19-23)13-26-36(44)25(37(26)45)12-20-14-32(22-8-10-27(39)29(41)18-22)46-34(16-20)24-6-4-5-7-31(24)43/h4-19,21H,1-3H3/q+1. The molecule has 0 bridgehead atoms. The van der Waals surface area contributed by atoms with Crippen molar-refractivity contribution in [3.63, 3.8) is 0 Å². The molecular formula is C38H26Br4ClO4+. The summed E-state index contributed by atoms with van der Waals surface area (Å²) in [5.74, 6) is 2.17. The van der Waals surface area contributed by atoms with E-state index < -0.39 is 0 Å².